The molecular weight excluding hydrogens is 266 g/mol. The van der Waals surface area contributed by atoms with Gasteiger partial charge in [0.2, 0.25) is 0 Å². The van der Waals surface area contributed by atoms with E-state index < -0.39 is 0 Å². The Morgan fingerprint density at radius 1 is 1.25 bits per heavy atom. The van der Waals surface area contributed by atoms with Crippen LogP contribution in [0.1, 0.15) is 38.5 Å². The molecule has 0 aromatic carbocycles. The third-order valence-corrected chi connectivity index (χ3v) is 3.66. The van der Waals surface area contributed by atoms with Crippen molar-refractivity contribution in [2.24, 2.45) is 0 Å². The molecule has 0 atom stereocenters. The Balaban J connectivity index is 2.01. The van der Waals surface area contributed by atoms with Gasteiger partial charge in [0.25, 0.3) is 0 Å². The zero-order valence-electron chi connectivity index (χ0n) is 9.38. The van der Waals surface area contributed by atoms with Crippen LogP contribution in [0.4, 0.5) is 11.5 Å². The van der Waals surface area contributed by atoms with E-state index in [9.17, 15) is 0 Å². The first kappa shape index (κ1) is 11.7. The fourth-order valence-corrected chi connectivity index (χ4v) is 2.66. The predicted octanol–water partition coefficient (Wildman–Crippen LogP) is 3.56. The monoisotopic (exact) mass is 283 g/mol. The van der Waals surface area contributed by atoms with Gasteiger partial charge in [-0.3, -0.25) is 0 Å². The minimum atomic E-state index is 0.565. The maximum atomic E-state index is 5.67. The van der Waals surface area contributed by atoms with Crippen LogP contribution in [-0.4, -0.2) is 11.0 Å². The zero-order valence-corrected chi connectivity index (χ0v) is 11.0. The van der Waals surface area contributed by atoms with Gasteiger partial charge in [0, 0.05) is 6.04 Å². The van der Waals surface area contributed by atoms with Crippen LogP contribution in [-0.2, 0) is 0 Å². The Bertz CT molecular complexity index is 346. The van der Waals surface area contributed by atoms with Gasteiger partial charge >= 0.3 is 0 Å². The number of hydrogen-bond acceptors (Lipinski definition) is 3. The fourth-order valence-electron chi connectivity index (χ4n) is 2.18. The van der Waals surface area contributed by atoms with Crippen molar-refractivity contribution in [2.45, 2.75) is 44.6 Å². The van der Waals surface area contributed by atoms with Crippen molar-refractivity contribution in [1.82, 2.24) is 4.98 Å². The number of aromatic nitrogens is 1. The molecule has 0 unspecified atom stereocenters. The first-order valence-corrected chi connectivity index (χ1v) is 6.72. The van der Waals surface area contributed by atoms with Crippen LogP contribution in [0.5, 0.6) is 0 Å². The number of nitrogens with two attached hydrogens (primary N) is 1. The number of nitrogens with one attached hydrogen (secondary N) is 1. The quantitative estimate of drug-likeness (QED) is 0.816. The van der Waals surface area contributed by atoms with Crippen molar-refractivity contribution in [1.29, 1.82) is 0 Å². The second-order valence-corrected chi connectivity index (χ2v) is 5.29. The summed E-state index contributed by atoms with van der Waals surface area (Å²) in [7, 11) is 0. The number of rotatable bonds is 2. The molecule has 1 heterocycles. The summed E-state index contributed by atoms with van der Waals surface area (Å²) in [6.07, 6.45) is 9.58. The van der Waals surface area contributed by atoms with Crippen molar-refractivity contribution in [3.05, 3.63) is 16.7 Å². The molecule has 88 valence electrons. The SMILES string of the molecule is Nc1cnc(NC2CCCCCC2)c(Br)c1. The maximum Gasteiger partial charge on any atom is 0.140 e. The Kier molecular flexibility index (Phi) is 4.04. The maximum absolute atomic E-state index is 5.67. The number of nitrogen functional groups attached to an aromatic ring is 1. The van der Waals surface area contributed by atoms with Crippen molar-refractivity contribution < 1.29 is 0 Å². The van der Waals surface area contributed by atoms with Gasteiger partial charge in [-0.25, -0.2) is 4.98 Å². The van der Waals surface area contributed by atoms with E-state index in [-0.39, 0.29) is 0 Å². The highest BCUT2D eigenvalue weighted by Gasteiger charge is 2.13. The van der Waals surface area contributed by atoms with Gasteiger partial charge in [-0.2, -0.15) is 0 Å². The van der Waals surface area contributed by atoms with Crippen LogP contribution in [0.25, 0.3) is 0 Å². The minimum Gasteiger partial charge on any atom is -0.397 e. The molecule has 0 bridgehead atoms. The Labute approximate surface area is 105 Å². The summed E-state index contributed by atoms with van der Waals surface area (Å²) in [6.45, 7) is 0. The Hall–Kier alpha value is -0.770. The summed E-state index contributed by atoms with van der Waals surface area (Å²) in [4.78, 5) is 4.32. The molecule has 16 heavy (non-hydrogen) atoms. The van der Waals surface area contributed by atoms with Crippen LogP contribution in [0, 0.1) is 0 Å². The van der Waals surface area contributed by atoms with E-state index in [1.165, 1.54) is 38.5 Å². The summed E-state index contributed by atoms with van der Waals surface area (Å²) in [6, 6.07) is 2.46. The highest BCUT2D eigenvalue weighted by molar-refractivity contribution is 9.10. The molecule has 3 nitrogen and oxygen atoms in total. The van der Waals surface area contributed by atoms with Gasteiger partial charge < -0.3 is 11.1 Å². The van der Waals surface area contributed by atoms with Crippen molar-refractivity contribution >= 4 is 27.4 Å². The van der Waals surface area contributed by atoms with Gasteiger partial charge in [0.15, 0.2) is 0 Å². The molecule has 0 aliphatic heterocycles. The summed E-state index contributed by atoms with van der Waals surface area (Å²) in [5.74, 6) is 0.918. The smallest absolute Gasteiger partial charge is 0.140 e. The lowest BCUT2D eigenvalue weighted by molar-refractivity contribution is 0.617. The van der Waals surface area contributed by atoms with Gasteiger partial charge in [-0.15, -0.1) is 0 Å². The molecule has 4 heteroatoms. The second kappa shape index (κ2) is 5.53. The molecule has 2 rings (SSSR count). The lowest BCUT2D eigenvalue weighted by Crippen LogP contribution is -2.19. The highest BCUT2D eigenvalue weighted by Crippen LogP contribution is 2.26. The number of nitrogens with zero attached hydrogens (tertiary/aromatic N) is 1. The molecule has 1 fully saturated rings. The van der Waals surface area contributed by atoms with Gasteiger partial charge in [-0.1, -0.05) is 25.7 Å². The molecule has 1 saturated carbocycles. The second-order valence-electron chi connectivity index (χ2n) is 4.43. The molecular formula is C12H18BrN3. The van der Waals surface area contributed by atoms with Crippen molar-refractivity contribution in [2.75, 3.05) is 11.1 Å². The predicted molar refractivity (Wildman–Crippen MR) is 71.5 cm³/mol. The Morgan fingerprint density at radius 2 is 1.94 bits per heavy atom. The first-order valence-electron chi connectivity index (χ1n) is 5.93. The zero-order chi connectivity index (χ0) is 11.4. The third-order valence-electron chi connectivity index (χ3n) is 3.06. The molecule has 1 aromatic rings. The van der Waals surface area contributed by atoms with E-state index in [2.05, 4.69) is 26.2 Å². The number of hydrogen-bond donors (Lipinski definition) is 2. The van der Waals surface area contributed by atoms with Gasteiger partial charge in [0.05, 0.1) is 16.4 Å². The van der Waals surface area contributed by atoms with E-state index in [0.717, 1.165) is 10.3 Å². The van der Waals surface area contributed by atoms with Crippen molar-refractivity contribution in [3.63, 3.8) is 0 Å². The molecule has 3 N–H and O–H groups in total. The van der Waals surface area contributed by atoms with Crippen LogP contribution in [0.15, 0.2) is 16.7 Å². The summed E-state index contributed by atoms with van der Waals surface area (Å²) in [5.41, 5.74) is 6.36. The topological polar surface area (TPSA) is 50.9 Å². The normalized spacial score (nSPS) is 18.1. The van der Waals surface area contributed by atoms with E-state index >= 15 is 0 Å². The van der Waals surface area contributed by atoms with Crippen LogP contribution in [0.3, 0.4) is 0 Å². The number of anilines is 2. The molecule has 1 aromatic heterocycles. The van der Waals surface area contributed by atoms with Gasteiger partial charge in [-0.05, 0) is 34.8 Å². The largest absolute Gasteiger partial charge is 0.397 e. The summed E-state index contributed by atoms with van der Waals surface area (Å²) >= 11 is 3.49. The van der Waals surface area contributed by atoms with E-state index in [0.29, 0.717) is 11.7 Å². The fraction of sp³-hybridized carbons (Fsp3) is 0.583. The molecule has 1 aliphatic rings. The van der Waals surface area contributed by atoms with Crippen molar-refractivity contribution in [3.8, 4) is 0 Å². The van der Waals surface area contributed by atoms with E-state index in [4.69, 9.17) is 5.73 Å². The molecule has 0 amide bonds. The van der Waals surface area contributed by atoms with Crippen LogP contribution >= 0.6 is 15.9 Å². The molecule has 1 aliphatic carbocycles. The average molecular weight is 284 g/mol. The third kappa shape index (κ3) is 3.11. The average Bonchev–Trinajstić information content (AvgIpc) is 2.51. The summed E-state index contributed by atoms with van der Waals surface area (Å²) < 4.78 is 0.955. The Morgan fingerprint density at radius 3 is 2.56 bits per heavy atom. The first-order chi connectivity index (χ1) is 7.75. The standard InChI is InChI=1S/C12H18BrN3/c13-11-7-9(14)8-15-12(11)16-10-5-3-1-2-4-6-10/h7-8,10H,1-6,14H2,(H,15,16). The molecule has 0 spiro atoms. The van der Waals surface area contributed by atoms with E-state index in [1.54, 1.807) is 6.20 Å². The summed E-state index contributed by atoms with van der Waals surface area (Å²) in [5, 5.41) is 3.50. The lowest BCUT2D eigenvalue weighted by atomic mass is 10.1. The van der Waals surface area contributed by atoms with Gasteiger partial charge in [0.1, 0.15) is 5.82 Å². The number of halogens is 1. The molecule has 0 saturated heterocycles. The van der Waals surface area contributed by atoms with E-state index in [1.807, 2.05) is 6.07 Å². The van der Waals surface area contributed by atoms with Crippen LogP contribution in [0.2, 0.25) is 0 Å². The van der Waals surface area contributed by atoms with Crippen LogP contribution < -0.4 is 11.1 Å². The lowest BCUT2D eigenvalue weighted by Gasteiger charge is -2.17. The number of pyridine rings is 1. The highest BCUT2D eigenvalue weighted by atomic mass is 79.9. The molecule has 0 radical (unpaired) electrons. The minimum absolute atomic E-state index is 0.565.